The first-order chi connectivity index (χ1) is 11.2. The van der Waals surface area contributed by atoms with Crippen LogP contribution in [0.4, 0.5) is 11.6 Å². The van der Waals surface area contributed by atoms with Gasteiger partial charge in [-0.15, -0.1) is 0 Å². The lowest BCUT2D eigenvalue weighted by Gasteiger charge is -2.18. The van der Waals surface area contributed by atoms with Crippen molar-refractivity contribution in [3.05, 3.63) is 42.2 Å². The van der Waals surface area contributed by atoms with Crippen LogP contribution in [0.5, 0.6) is 5.75 Å². The van der Waals surface area contributed by atoms with E-state index in [1.165, 1.54) is 18.4 Å². The molecule has 0 spiro atoms. The second-order valence-electron chi connectivity index (χ2n) is 5.56. The van der Waals surface area contributed by atoms with Crippen LogP contribution in [0, 0.1) is 0 Å². The molecule has 0 atom stereocenters. The molecule has 2 rings (SSSR count). The molecule has 1 aromatic carbocycles. The Balaban J connectivity index is 1.88. The zero-order chi connectivity index (χ0) is 16.5. The highest BCUT2D eigenvalue weighted by Gasteiger charge is 2.04. The van der Waals surface area contributed by atoms with Gasteiger partial charge in [-0.05, 0) is 30.5 Å². The average Bonchev–Trinajstić information content (AvgIpc) is 2.60. The van der Waals surface area contributed by atoms with Gasteiger partial charge in [0.25, 0.3) is 0 Å². The van der Waals surface area contributed by atoms with Crippen LogP contribution >= 0.6 is 0 Å². The molecule has 5 heteroatoms. The molecule has 124 valence electrons. The van der Waals surface area contributed by atoms with Gasteiger partial charge in [0.2, 0.25) is 0 Å². The van der Waals surface area contributed by atoms with Crippen LogP contribution in [-0.4, -0.2) is 37.2 Å². The standard InChI is InChI=1S/C18H26N4O/c1-4-5-11-22(2)18-13-17(20-14-21-18)19-10-9-15-7-6-8-16(12-15)23-3/h6-8,12-14H,4-5,9-11H2,1-3H3,(H,19,20,21). The van der Waals surface area contributed by atoms with Crippen molar-refractivity contribution >= 4 is 11.6 Å². The van der Waals surface area contributed by atoms with E-state index in [0.717, 1.165) is 36.9 Å². The zero-order valence-corrected chi connectivity index (χ0v) is 14.2. The van der Waals surface area contributed by atoms with Crippen LogP contribution in [0.25, 0.3) is 0 Å². The predicted octanol–water partition coefficient (Wildman–Crippen LogP) is 3.38. The van der Waals surface area contributed by atoms with Gasteiger partial charge in [0.05, 0.1) is 7.11 Å². The fraction of sp³-hybridized carbons (Fsp3) is 0.444. The van der Waals surface area contributed by atoms with Gasteiger partial charge < -0.3 is 15.0 Å². The highest BCUT2D eigenvalue weighted by atomic mass is 16.5. The van der Waals surface area contributed by atoms with Gasteiger partial charge in [-0.3, -0.25) is 0 Å². The molecule has 23 heavy (non-hydrogen) atoms. The van der Waals surface area contributed by atoms with Gasteiger partial charge in [0, 0.05) is 26.2 Å². The quantitative estimate of drug-likeness (QED) is 0.769. The number of anilines is 2. The number of nitrogens with one attached hydrogen (secondary N) is 1. The third-order valence-corrected chi connectivity index (χ3v) is 3.74. The lowest BCUT2D eigenvalue weighted by molar-refractivity contribution is 0.414. The topological polar surface area (TPSA) is 50.3 Å². The van der Waals surface area contributed by atoms with E-state index in [4.69, 9.17) is 4.74 Å². The van der Waals surface area contributed by atoms with E-state index in [0.29, 0.717) is 0 Å². The van der Waals surface area contributed by atoms with Crippen LogP contribution in [0.3, 0.4) is 0 Å². The van der Waals surface area contributed by atoms with Crippen molar-refractivity contribution in [1.82, 2.24) is 9.97 Å². The second-order valence-corrected chi connectivity index (χ2v) is 5.56. The molecule has 0 fully saturated rings. The minimum atomic E-state index is 0.822. The Labute approximate surface area is 138 Å². The van der Waals surface area contributed by atoms with Crippen molar-refractivity contribution in [2.45, 2.75) is 26.2 Å². The Morgan fingerprint density at radius 2 is 2.09 bits per heavy atom. The summed E-state index contributed by atoms with van der Waals surface area (Å²) in [5, 5.41) is 3.36. The minimum absolute atomic E-state index is 0.822. The summed E-state index contributed by atoms with van der Waals surface area (Å²) in [5.41, 5.74) is 1.24. The highest BCUT2D eigenvalue weighted by Crippen LogP contribution is 2.15. The summed E-state index contributed by atoms with van der Waals surface area (Å²) < 4.78 is 5.25. The van der Waals surface area contributed by atoms with Crippen molar-refractivity contribution < 1.29 is 4.74 Å². The maximum absolute atomic E-state index is 5.25. The molecular formula is C18H26N4O. The van der Waals surface area contributed by atoms with E-state index in [9.17, 15) is 0 Å². The van der Waals surface area contributed by atoms with E-state index in [2.05, 4.69) is 46.3 Å². The van der Waals surface area contributed by atoms with Gasteiger partial charge in [-0.25, -0.2) is 9.97 Å². The van der Waals surface area contributed by atoms with Crippen molar-refractivity contribution in [1.29, 1.82) is 0 Å². The fourth-order valence-corrected chi connectivity index (χ4v) is 2.33. The van der Waals surface area contributed by atoms with E-state index in [-0.39, 0.29) is 0 Å². The van der Waals surface area contributed by atoms with E-state index in [1.807, 2.05) is 18.2 Å². The van der Waals surface area contributed by atoms with Crippen LogP contribution < -0.4 is 15.0 Å². The van der Waals surface area contributed by atoms with E-state index >= 15 is 0 Å². The van der Waals surface area contributed by atoms with Crippen molar-refractivity contribution in [3.63, 3.8) is 0 Å². The first-order valence-electron chi connectivity index (χ1n) is 8.13. The van der Waals surface area contributed by atoms with Crippen LogP contribution in [0.1, 0.15) is 25.3 Å². The number of benzene rings is 1. The third-order valence-electron chi connectivity index (χ3n) is 3.74. The summed E-state index contributed by atoms with van der Waals surface area (Å²) in [6.45, 7) is 4.03. The van der Waals surface area contributed by atoms with Gasteiger partial charge in [0.1, 0.15) is 23.7 Å². The molecular weight excluding hydrogens is 288 g/mol. The zero-order valence-electron chi connectivity index (χ0n) is 14.2. The van der Waals surface area contributed by atoms with Gasteiger partial charge in [-0.1, -0.05) is 25.5 Å². The molecule has 1 heterocycles. The third kappa shape index (κ3) is 5.43. The molecule has 0 aliphatic heterocycles. The number of rotatable bonds is 9. The largest absolute Gasteiger partial charge is 0.497 e. The normalized spacial score (nSPS) is 10.4. The minimum Gasteiger partial charge on any atom is -0.497 e. The summed E-state index contributed by atoms with van der Waals surface area (Å²) in [6.07, 6.45) is 4.88. The molecule has 0 aliphatic carbocycles. The number of aromatic nitrogens is 2. The number of ether oxygens (including phenoxy) is 1. The number of hydrogen-bond acceptors (Lipinski definition) is 5. The van der Waals surface area contributed by atoms with Crippen molar-refractivity contribution in [2.75, 3.05) is 37.5 Å². The van der Waals surface area contributed by atoms with Crippen molar-refractivity contribution in [3.8, 4) is 5.75 Å². The van der Waals surface area contributed by atoms with Crippen LogP contribution in [0.15, 0.2) is 36.7 Å². The smallest absolute Gasteiger partial charge is 0.133 e. The number of nitrogens with zero attached hydrogens (tertiary/aromatic N) is 3. The van der Waals surface area contributed by atoms with Gasteiger partial charge >= 0.3 is 0 Å². The highest BCUT2D eigenvalue weighted by molar-refractivity contribution is 5.48. The summed E-state index contributed by atoms with van der Waals surface area (Å²) in [5.74, 6) is 2.71. The Morgan fingerprint density at radius 3 is 2.87 bits per heavy atom. The van der Waals surface area contributed by atoms with Crippen molar-refractivity contribution in [2.24, 2.45) is 0 Å². The number of unbranched alkanes of at least 4 members (excludes halogenated alkanes) is 1. The number of methoxy groups -OCH3 is 1. The SMILES string of the molecule is CCCCN(C)c1cc(NCCc2cccc(OC)c2)ncn1. The second kappa shape index (κ2) is 8.98. The molecule has 0 unspecified atom stereocenters. The molecule has 1 N–H and O–H groups in total. The fourth-order valence-electron chi connectivity index (χ4n) is 2.33. The molecule has 0 saturated carbocycles. The first-order valence-corrected chi connectivity index (χ1v) is 8.13. The predicted molar refractivity (Wildman–Crippen MR) is 95.4 cm³/mol. The molecule has 5 nitrogen and oxygen atoms in total. The molecule has 2 aromatic rings. The molecule has 0 radical (unpaired) electrons. The molecule has 0 saturated heterocycles. The Bertz CT molecular complexity index is 603. The average molecular weight is 314 g/mol. The lowest BCUT2D eigenvalue weighted by atomic mass is 10.1. The summed E-state index contributed by atoms with van der Waals surface area (Å²) in [6, 6.07) is 10.1. The van der Waals surface area contributed by atoms with Gasteiger partial charge in [0.15, 0.2) is 0 Å². The summed E-state index contributed by atoms with van der Waals surface area (Å²) in [7, 11) is 3.76. The molecule has 0 bridgehead atoms. The van der Waals surface area contributed by atoms with E-state index in [1.54, 1.807) is 13.4 Å². The molecule has 0 aliphatic rings. The lowest BCUT2D eigenvalue weighted by Crippen LogP contribution is -2.20. The molecule has 1 aromatic heterocycles. The Morgan fingerprint density at radius 1 is 1.22 bits per heavy atom. The first kappa shape index (κ1) is 17.1. The summed E-state index contributed by atoms with van der Waals surface area (Å²) in [4.78, 5) is 10.8. The maximum atomic E-state index is 5.25. The Kier molecular flexibility index (Phi) is 6.66. The number of hydrogen-bond donors (Lipinski definition) is 1. The van der Waals surface area contributed by atoms with Crippen LogP contribution in [-0.2, 0) is 6.42 Å². The molecule has 0 amide bonds. The van der Waals surface area contributed by atoms with Gasteiger partial charge in [-0.2, -0.15) is 0 Å². The maximum Gasteiger partial charge on any atom is 0.133 e. The Hall–Kier alpha value is -2.30. The monoisotopic (exact) mass is 314 g/mol. The van der Waals surface area contributed by atoms with E-state index < -0.39 is 0 Å². The van der Waals surface area contributed by atoms with Crippen LogP contribution in [0.2, 0.25) is 0 Å². The summed E-state index contributed by atoms with van der Waals surface area (Å²) >= 11 is 0.